The SMILES string of the molecule is COC(=O)C1=C(C)N=c2s/c(=C\c3ccc(O)cc3)c(=O)n2[C@@H]1c1cc(Cl)ccc1OC. The summed E-state index contributed by atoms with van der Waals surface area (Å²) in [6, 6.07) is 10.7. The number of nitrogens with zero attached hydrogens (tertiary/aromatic N) is 2. The third-order valence-electron chi connectivity index (χ3n) is 5.10. The first-order valence-corrected chi connectivity index (χ1v) is 10.8. The van der Waals surface area contributed by atoms with Crippen LogP contribution in [0.25, 0.3) is 6.08 Å². The molecule has 3 aromatic rings. The van der Waals surface area contributed by atoms with Crippen LogP contribution in [0.2, 0.25) is 5.02 Å². The van der Waals surface area contributed by atoms with Crippen molar-refractivity contribution in [1.29, 1.82) is 0 Å². The highest BCUT2D eigenvalue weighted by Gasteiger charge is 2.35. The summed E-state index contributed by atoms with van der Waals surface area (Å²) in [5.74, 6) is 0.0183. The first-order valence-electron chi connectivity index (χ1n) is 9.57. The average molecular weight is 471 g/mol. The normalized spacial score (nSPS) is 15.9. The van der Waals surface area contributed by atoms with Crippen molar-refractivity contribution in [3.05, 3.63) is 89.6 Å². The number of carbonyl (C=O) groups excluding carboxylic acids is 1. The van der Waals surface area contributed by atoms with E-state index in [2.05, 4.69) is 4.99 Å². The lowest BCUT2D eigenvalue weighted by Gasteiger charge is -2.25. The summed E-state index contributed by atoms with van der Waals surface area (Å²) in [5.41, 5.74) is 1.65. The number of aromatic hydroxyl groups is 1. The Morgan fingerprint density at radius 1 is 1.22 bits per heavy atom. The molecule has 1 aliphatic rings. The van der Waals surface area contributed by atoms with Crippen molar-refractivity contribution < 1.29 is 19.4 Å². The molecule has 7 nitrogen and oxygen atoms in total. The number of hydrogen-bond acceptors (Lipinski definition) is 7. The molecule has 0 bridgehead atoms. The van der Waals surface area contributed by atoms with Gasteiger partial charge >= 0.3 is 5.97 Å². The zero-order valence-corrected chi connectivity index (χ0v) is 19.0. The van der Waals surface area contributed by atoms with Gasteiger partial charge in [-0.15, -0.1) is 0 Å². The Kier molecular flexibility index (Phi) is 5.90. The van der Waals surface area contributed by atoms with Crippen LogP contribution in [0.1, 0.15) is 24.1 Å². The molecule has 0 unspecified atom stereocenters. The number of halogens is 1. The minimum atomic E-state index is -0.825. The summed E-state index contributed by atoms with van der Waals surface area (Å²) in [4.78, 5) is 31.2. The largest absolute Gasteiger partial charge is 0.508 e. The Labute approximate surface area is 192 Å². The van der Waals surface area contributed by atoms with Gasteiger partial charge in [0.1, 0.15) is 17.5 Å². The third-order valence-corrected chi connectivity index (χ3v) is 6.32. The number of phenolic OH excluding ortho intramolecular Hbond substituents is 1. The quantitative estimate of drug-likeness (QED) is 0.592. The molecule has 0 spiro atoms. The van der Waals surface area contributed by atoms with Crippen LogP contribution in [-0.2, 0) is 9.53 Å². The molecule has 164 valence electrons. The lowest BCUT2D eigenvalue weighted by molar-refractivity contribution is -0.136. The van der Waals surface area contributed by atoms with E-state index >= 15 is 0 Å². The maximum atomic E-state index is 13.5. The monoisotopic (exact) mass is 470 g/mol. The van der Waals surface area contributed by atoms with Crippen LogP contribution in [0.4, 0.5) is 0 Å². The third kappa shape index (κ3) is 3.83. The van der Waals surface area contributed by atoms with Crippen LogP contribution >= 0.6 is 22.9 Å². The highest BCUT2D eigenvalue weighted by molar-refractivity contribution is 7.07. The molecule has 0 saturated heterocycles. The van der Waals surface area contributed by atoms with Crippen molar-refractivity contribution in [1.82, 2.24) is 4.57 Å². The highest BCUT2D eigenvalue weighted by Crippen LogP contribution is 2.37. The average Bonchev–Trinajstić information content (AvgIpc) is 3.08. The van der Waals surface area contributed by atoms with Crippen molar-refractivity contribution in [2.75, 3.05) is 14.2 Å². The number of benzene rings is 2. The number of methoxy groups -OCH3 is 2. The molecule has 9 heteroatoms. The number of ether oxygens (including phenoxy) is 2. The predicted octanol–water partition coefficient (Wildman–Crippen LogP) is 2.78. The minimum absolute atomic E-state index is 0.134. The zero-order chi connectivity index (χ0) is 23.0. The van der Waals surface area contributed by atoms with E-state index in [1.165, 1.54) is 30.1 Å². The van der Waals surface area contributed by atoms with Crippen LogP contribution in [0.3, 0.4) is 0 Å². The van der Waals surface area contributed by atoms with Crippen LogP contribution in [0, 0.1) is 0 Å². The lowest BCUT2D eigenvalue weighted by Crippen LogP contribution is -2.40. The first kappa shape index (κ1) is 21.9. The second-order valence-electron chi connectivity index (χ2n) is 7.05. The van der Waals surface area contributed by atoms with Gasteiger partial charge in [0.2, 0.25) is 0 Å². The number of esters is 1. The first-order chi connectivity index (χ1) is 15.3. The molecular formula is C23H19ClN2O5S. The number of rotatable bonds is 4. The number of thiazole rings is 1. The van der Waals surface area contributed by atoms with Crippen molar-refractivity contribution in [2.24, 2.45) is 4.99 Å². The van der Waals surface area contributed by atoms with E-state index in [-0.39, 0.29) is 16.9 Å². The molecule has 0 fully saturated rings. The lowest BCUT2D eigenvalue weighted by atomic mass is 9.95. The topological polar surface area (TPSA) is 90.1 Å². The number of allylic oxidation sites excluding steroid dienone is 1. The summed E-state index contributed by atoms with van der Waals surface area (Å²) in [7, 11) is 2.79. The molecular weight excluding hydrogens is 452 g/mol. The van der Waals surface area contributed by atoms with E-state index in [1.807, 2.05) is 0 Å². The van der Waals surface area contributed by atoms with Crippen LogP contribution in [0.5, 0.6) is 11.5 Å². The van der Waals surface area contributed by atoms with Crippen molar-refractivity contribution >= 4 is 35.0 Å². The molecule has 1 atom stereocenters. The summed E-state index contributed by atoms with van der Waals surface area (Å²) in [5, 5.41) is 9.95. The van der Waals surface area contributed by atoms with Gasteiger partial charge in [-0.05, 0) is 48.9 Å². The summed E-state index contributed by atoms with van der Waals surface area (Å²) in [6.45, 7) is 1.70. The van der Waals surface area contributed by atoms with Crippen LogP contribution in [-0.4, -0.2) is 29.9 Å². The standard InChI is InChI=1S/C23H19ClN2O5S/c1-12-19(22(29)31-3)20(16-11-14(24)6-9-17(16)30-2)26-21(28)18(32-23(26)25-12)10-13-4-7-15(27)8-5-13/h4-11,20,27H,1-3H3/b18-10-/t20-/m1/s1. The van der Waals surface area contributed by atoms with Crippen LogP contribution in [0.15, 0.2) is 63.5 Å². The molecule has 2 aromatic carbocycles. The number of hydrogen-bond donors (Lipinski definition) is 1. The van der Waals surface area contributed by atoms with E-state index in [0.717, 1.165) is 5.56 Å². The van der Waals surface area contributed by atoms with Gasteiger partial charge in [0.15, 0.2) is 4.80 Å². The summed E-state index contributed by atoms with van der Waals surface area (Å²) >= 11 is 7.47. The predicted molar refractivity (Wildman–Crippen MR) is 122 cm³/mol. The molecule has 1 aromatic heterocycles. The number of aromatic nitrogens is 1. The van der Waals surface area contributed by atoms with Gasteiger partial charge in [0, 0.05) is 10.6 Å². The van der Waals surface area contributed by atoms with Crippen molar-refractivity contribution in [3.63, 3.8) is 0 Å². The molecule has 4 rings (SSSR count). The fourth-order valence-electron chi connectivity index (χ4n) is 3.63. The fraction of sp³-hybridized carbons (Fsp3) is 0.174. The van der Waals surface area contributed by atoms with Gasteiger partial charge < -0.3 is 14.6 Å². The number of fused-ring (bicyclic) bond motifs is 1. The molecule has 0 aliphatic carbocycles. The molecule has 32 heavy (non-hydrogen) atoms. The molecule has 1 N–H and O–H groups in total. The van der Waals surface area contributed by atoms with Crippen LogP contribution < -0.4 is 19.6 Å². The van der Waals surface area contributed by atoms with Gasteiger partial charge in [0.05, 0.1) is 30.0 Å². The van der Waals surface area contributed by atoms with E-state index in [4.69, 9.17) is 21.1 Å². The van der Waals surface area contributed by atoms with E-state index in [1.54, 1.807) is 55.5 Å². The molecule has 0 amide bonds. The maximum absolute atomic E-state index is 13.5. The van der Waals surface area contributed by atoms with Gasteiger partial charge in [0.25, 0.3) is 5.56 Å². The van der Waals surface area contributed by atoms with Gasteiger partial charge in [-0.25, -0.2) is 9.79 Å². The number of carbonyl (C=O) groups is 1. The maximum Gasteiger partial charge on any atom is 0.338 e. The Balaban J connectivity index is 2.02. The second-order valence-corrected chi connectivity index (χ2v) is 8.50. The molecule has 1 aliphatic heterocycles. The molecule has 2 heterocycles. The molecule has 0 saturated carbocycles. The van der Waals surface area contributed by atoms with Gasteiger partial charge in [-0.1, -0.05) is 35.1 Å². The number of phenols is 1. The Hall–Kier alpha value is -3.36. The summed E-state index contributed by atoms with van der Waals surface area (Å²) < 4.78 is 12.4. The van der Waals surface area contributed by atoms with Gasteiger partial charge in [-0.2, -0.15) is 0 Å². The fourth-order valence-corrected chi connectivity index (χ4v) is 4.85. The second kappa shape index (κ2) is 8.64. The van der Waals surface area contributed by atoms with E-state index in [0.29, 0.717) is 31.4 Å². The zero-order valence-electron chi connectivity index (χ0n) is 17.5. The minimum Gasteiger partial charge on any atom is -0.508 e. The molecule has 0 radical (unpaired) electrons. The van der Waals surface area contributed by atoms with Crippen molar-refractivity contribution in [3.8, 4) is 11.5 Å². The van der Waals surface area contributed by atoms with E-state index < -0.39 is 12.0 Å². The van der Waals surface area contributed by atoms with E-state index in [9.17, 15) is 14.7 Å². The van der Waals surface area contributed by atoms with Gasteiger partial charge in [-0.3, -0.25) is 9.36 Å². The smallest absolute Gasteiger partial charge is 0.338 e. The highest BCUT2D eigenvalue weighted by atomic mass is 35.5. The Morgan fingerprint density at radius 2 is 1.94 bits per heavy atom. The Morgan fingerprint density at radius 3 is 2.59 bits per heavy atom. The summed E-state index contributed by atoms with van der Waals surface area (Å²) in [6.07, 6.45) is 1.71. The van der Waals surface area contributed by atoms with Crippen molar-refractivity contribution in [2.45, 2.75) is 13.0 Å². The Bertz CT molecular complexity index is 1420.